The normalized spacial score (nSPS) is 32.6. The van der Waals surface area contributed by atoms with E-state index < -0.39 is 6.10 Å². The molecule has 3 aliphatic rings. The van der Waals surface area contributed by atoms with E-state index in [4.69, 9.17) is 9.47 Å². The smallest absolute Gasteiger partial charge is 0.170 e. The fourth-order valence-electron chi connectivity index (χ4n) is 3.92. The van der Waals surface area contributed by atoms with E-state index in [0.717, 1.165) is 24.5 Å². The van der Waals surface area contributed by atoms with Gasteiger partial charge in [-0.2, -0.15) is 0 Å². The first kappa shape index (κ1) is 12.9. The van der Waals surface area contributed by atoms with Gasteiger partial charge in [-0.15, -0.1) is 0 Å². The van der Waals surface area contributed by atoms with Gasteiger partial charge in [0.1, 0.15) is 19.7 Å². The zero-order chi connectivity index (χ0) is 14.6. The molecule has 1 aliphatic carbocycles. The number of hydrogen-bond acceptors (Lipinski definition) is 3. The molecule has 0 amide bonds. The van der Waals surface area contributed by atoms with Crippen LogP contribution in [-0.2, 0) is 5.41 Å². The monoisotopic (exact) mass is 286 g/mol. The lowest BCUT2D eigenvalue weighted by atomic mass is 9.69. The highest BCUT2D eigenvalue weighted by molar-refractivity contribution is 5.83. The van der Waals surface area contributed by atoms with Crippen LogP contribution in [0.2, 0.25) is 0 Å². The fraction of sp³-hybridized carbons (Fsp3) is 0.471. The summed E-state index contributed by atoms with van der Waals surface area (Å²) in [7, 11) is 3.78. The highest BCUT2D eigenvalue weighted by atomic mass is 16.5. The predicted octanol–water partition coefficient (Wildman–Crippen LogP) is 1.48. The molecule has 0 fully saturated rings. The zero-order valence-corrected chi connectivity index (χ0v) is 12.4. The minimum Gasteiger partial charge on any atom is -0.493 e. The van der Waals surface area contributed by atoms with Crippen LogP contribution in [0.3, 0.4) is 0 Å². The number of rotatable bonds is 1. The molecule has 4 nitrogen and oxygen atoms in total. The minimum atomic E-state index is -0.422. The zero-order valence-electron chi connectivity index (χ0n) is 12.4. The molecule has 21 heavy (non-hydrogen) atoms. The maximum atomic E-state index is 9.97. The molecule has 1 aromatic carbocycles. The van der Waals surface area contributed by atoms with E-state index in [0.29, 0.717) is 6.42 Å². The summed E-state index contributed by atoms with van der Waals surface area (Å²) < 4.78 is 13.9. The maximum Gasteiger partial charge on any atom is 0.170 e. The molecule has 0 saturated carbocycles. The summed E-state index contributed by atoms with van der Waals surface area (Å²) in [6.45, 7) is 0.969. The van der Waals surface area contributed by atoms with Crippen molar-refractivity contribution in [3.8, 4) is 11.5 Å². The average molecular weight is 286 g/mol. The standard InChI is InChI=1S/C17H20NO3/c1-18-8-7-17-6-5-12(19)9-14(17)21-16-13(20-2)4-3-11(10-18)15(16)17/h3-6,10,12,14,19H,7-9H2,1-2H3/q+1/t12-,14-,17?/m0/s1. The summed E-state index contributed by atoms with van der Waals surface area (Å²) in [5.74, 6) is 1.63. The first-order valence-corrected chi connectivity index (χ1v) is 7.45. The van der Waals surface area contributed by atoms with Crippen LogP contribution in [0.25, 0.3) is 0 Å². The third-order valence-electron chi connectivity index (χ3n) is 4.98. The van der Waals surface area contributed by atoms with E-state index >= 15 is 0 Å². The number of benzene rings is 1. The first-order valence-electron chi connectivity index (χ1n) is 7.45. The molecule has 1 N–H and O–H groups in total. The van der Waals surface area contributed by atoms with Gasteiger partial charge in [-0.3, -0.25) is 0 Å². The van der Waals surface area contributed by atoms with Crippen molar-refractivity contribution in [1.29, 1.82) is 0 Å². The minimum absolute atomic E-state index is 0.0116. The third kappa shape index (κ3) is 1.69. The van der Waals surface area contributed by atoms with Crippen molar-refractivity contribution in [3.63, 3.8) is 0 Å². The lowest BCUT2D eigenvalue weighted by Gasteiger charge is -2.34. The van der Waals surface area contributed by atoms with Crippen molar-refractivity contribution >= 4 is 6.21 Å². The van der Waals surface area contributed by atoms with Crippen molar-refractivity contribution in [1.82, 2.24) is 0 Å². The number of hydrogen-bond donors (Lipinski definition) is 1. The Morgan fingerprint density at radius 2 is 2.29 bits per heavy atom. The molecular weight excluding hydrogens is 266 g/mol. The van der Waals surface area contributed by atoms with Crippen LogP contribution in [0, 0.1) is 0 Å². The molecule has 1 spiro atoms. The maximum absolute atomic E-state index is 9.97. The number of ether oxygens (including phenoxy) is 2. The van der Waals surface area contributed by atoms with Gasteiger partial charge in [0.05, 0.1) is 18.6 Å². The van der Waals surface area contributed by atoms with Crippen LogP contribution in [-0.4, -0.2) is 48.8 Å². The second-order valence-electron chi connectivity index (χ2n) is 6.23. The van der Waals surface area contributed by atoms with E-state index in [-0.39, 0.29) is 11.5 Å². The Hall–Kier alpha value is -1.81. The predicted molar refractivity (Wildman–Crippen MR) is 79.7 cm³/mol. The largest absolute Gasteiger partial charge is 0.493 e. The summed E-state index contributed by atoms with van der Waals surface area (Å²) in [5, 5.41) is 9.97. The van der Waals surface area contributed by atoms with Gasteiger partial charge in [-0.25, -0.2) is 4.58 Å². The SMILES string of the molecule is COc1ccc2c3c1O[C@H]1C[C@@H](O)C=CC31CC[N+](C)=C2. The van der Waals surface area contributed by atoms with Gasteiger partial charge in [0.15, 0.2) is 17.7 Å². The molecule has 0 aromatic heterocycles. The Balaban J connectivity index is 1.99. The molecule has 4 heteroatoms. The van der Waals surface area contributed by atoms with Gasteiger partial charge < -0.3 is 14.6 Å². The molecular formula is C17H20NO3+. The van der Waals surface area contributed by atoms with Crippen molar-refractivity contribution in [2.75, 3.05) is 20.7 Å². The van der Waals surface area contributed by atoms with Crippen LogP contribution >= 0.6 is 0 Å². The molecule has 2 heterocycles. The van der Waals surface area contributed by atoms with Crippen molar-refractivity contribution in [2.24, 2.45) is 0 Å². The van der Waals surface area contributed by atoms with Gasteiger partial charge in [0.2, 0.25) is 0 Å². The third-order valence-corrected chi connectivity index (χ3v) is 4.98. The van der Waals surface area contributed by atoms with Gasteiger partial charge >= 0.3 is 0 Å². The summed E-state index contributed by atoms with van der Waals surface area (Å²) in [5.41, 5.74) is 2.27. The summed E-state index contributed by atoms with van der Waals surface area (Å²) in [6, 6.07) is 4.07. The summed E-state index contributed by atoms with van der Waals surface area (Å²) >= 11 is 0. The van der Waals surface area contributed by atoms with Crippen LogP contribution in [0.5, 0.6) is 11.5 Å². The van der Waals surface area contributed by atoms with E-state index in [1.807, 2.05) is 12.1 Å². The lowest BCUT2D eigenvalue weighted by Crippen LogP contribution is -2.42. The quantitative estimate of drug-likeness (QED) is 0.628. The number of aliphatic hydroxyl groups excluding tert-OH is 1. The Kier molecular flexibility index (Phi) is 2.67. The number of aliphatic hydroxyl groups is 1. The summed E-state index contributed by atoms with van der Waals surface area (Å²) in [4.78, 5) is 0. The van der Waals surface area contributed by atoms with Crippen LogP contribution in [0.15, 0.2) is 24.3 Å². The van der Waals surface area contributed by atoms with Crippen molar-refractivity contribution in [3.05, 3.63) is 35.4 Å². The highest BCUT2D eigenvalue weighted by Crippen LogP contribution is 2.54. The van der Waals surface area contributed by atoms with E-state index in [2.05, 4.69) is 30.0 Å². The molecule has 4 rings (SSSR count). The Morgan fingerprint density at radius 1 is 1.43 bits per heavy atom. The lowest BCUT2D eigenvalue weighted by molar-refractivity contribution is -0.493. The number of nitrogens with zero attached hydrogens (tertiary/aromatic N) is 1. The highest BCUT2D eigenvalue weighted by Gasteiger charge is 2.53. The number of methoxy groups -OCH3 is 1. The Morgan fingerprint density at radius 3 is 3.10 bits per heavy atom. The van der Waals surface area contributed by atoms with Crippen LogP contribution < -0.4 is 9.47 Å². The van der Waals surface area contributed by atoms with E-state index in [1.165, 1.54) is 11.1 Å². The molecule has 110 valence electrons. The molecule has 2 aliphatic heterocycles. The van der Waals surface area contributed by atoms with Crippen LogP contribution in [0.1, 0.15) is 24.0 Å². The van der Waals surface area contributed by atoms with Gasteiger partial charge in [-0.05, 0) is 12.1 Å². The first-order chi connectivity index (χ1) is 10.1. The molecule has 1 unspecified atom stereocenters. The fourth-order valence-corrected chi connectivity index (χ4v) is 3.92. The summed E-state index contributed by atoms with van der Waals surface area (Å²) in [6.07, 6.45) is 7.45. The molecule has 1 aromatic rings. The van der Waals surface area contributed by atoms with Crippen molar-refractivity contribution in [2.45, 2.75) is 30.5 Å². The second-order valence-corrected chi connectivity index (χ2v) is 6.23. The van der Waals surface area contributed by atoms with Gasteiger partial charge in [0.25, 0.3) is 0 Å². The average Bonchev–Trinajstić information content (AvgIpc) is 2.72. The Bertz CT molecular complexity index is 664. The molecule has 0 radical (unpaired) electrons. The second kappa shape index (κ2) is 4.34. The van der Waals surface area contributed by atoms with Gasteiger partial charge in [0, 0.05) is 24.0 Å². The molecule has 0 bridgehead atoms. The topological polar surface area (TPSA) is 41.7 Å². The van der Waals surface area contributed by atoms with E-state index in [1.54, 1.807) is 7.11 Å². The molecule has 3 atom stereocenters. The van der Waals surface area contributed by atoms with E-state index in [9.17, 15) is 5.11 Å². The van der Waals surface area contributed by atoms with Crippen molar-refractivity contribution < 1.29 is 19.2 Å². The van der Waals surface area contributed by atoms with Gasteiger partial charge in [-0.1, -0.05) is 12.2 Å². The molecule has 0 saturated heterocycles. The van der Waals surface area contributed by atoms with Crippen LogP contribution in [0.4, 0.5) is 0 Å². The Labute approximate surface area is 124 Å².